The highest BCUT2D eigenvalue weighted by molar-refractivity contribution is 9.10. The van der Waals surface area contributed by atoms with Gasteiger partial charge in [-0.3, -0.25) is 0 Å². The molecule has 0 saturated heterocycles. The van der Waals surface area contributed by atoms with E-state index in [9.17, 15) is 0 Å². The maximum Gasteiger partial charge on any atom is 0.109 e. The van der Waals surface area contributed by atoms with Crippen LogP contribution in [0.15, 0.2) is 47.3 Å². The second-order valence-corrected chi connectivity index (χ2v) is 5.30. The normalized spacial score (nSPS) is 10.8. The summed E-state index contributed by atoms with van der Waals surface area (Å²) >= 11 is 3.41. The first-order valence-electron chi connectivity index (χ1n) is 6.15. The van der Waals surface area contributed by atoms with Crippen LogP contribution >= 0.6 is 15.9 Å². The summed E-state index contributed by atoms with van der Waals surface area (Å²) in [6.45, 7) is 2.82. The molecule has 0 aliphatic heterocycles. The summed E-state index contributed by atoms with van der Waals surface area (Å²) in [7, 11) is 0. The van der Waals surface area contributed by atoms with E-state index in [1.807, 2.05) is 19.2 Å². The molecule has 0 unspecified atom stereocenters. The highest BCUT2D eigenvalue weighted by Crippen LogP contribution is 2.20. The number of H-pyrrole nitrogens is 1. The monoisotopic (exact) mass is 315 g/mol. The van der Waals surface area contributed by atoms with Crippen LogP contribution in [-0.2, 0) is 6.54 Å². The number of nitrogens with zero attached hydrogens (tertiary/aromatic N) is 1. The lowest BCUT2D eigenvalue weighted by Gasteiger charge is -2.07. The van der Waals surface area contributed by atoms with Gasteiger partial charge < -0.3 is 10.3 Å². The first kappa shape index (κ1) is 12.2. The minimum atomic E-state index is 0.784. The zero-order chi connectivity index (χ0) is 13.2. The summed E-state index contributed by atoms with van der Waals surface area (Å²) in [6.07, 6.45) is 3.89. The maximum absolute atomic E-state index is 4.29. The second-order valence-electron chi connectivity index (χ2n) is 4.54. The van der Waals surface area contributed by atoms with Gasteiger partial charge in [0.2, 0.25) is 0 Å². The van der Waals surface area contributed by atoms with Crippen molar-refractivity contribution >= 4 is 32.5 Å². The van der Waals surface area contributed by atoms with Gasteiger partial charge in [-0.05, 0) is 46.1 Å². The van der Waals surface area contributed by atoms with Crippen molar-refractivity contribution in [2.24, 2.45) is 0 Å². The number of benzene rings is 1. The van der Waals surface area contributed by atoms with Crippen LogP contribution in [0.3, 0.4) is 0 Å². The fourth-order valence-electron chi connectivity index (χ4n) is 2.13. The molecule has 4 heteroatoms. The Hall–Kier alpha value is -1.81. The summed E-state index contributed by atoms with van der Waals surface area (Å²) in [4.78, 5) is 7.57. The lowest BCUT2D eigenvalue weighted by atomic mass is 10.2. The zero-order valence-corrected chi connectivity index (χ0v) is 12.2. The predicted octanol–water partition coefficient (Wildman–Crippen LogP) is 4.25. The molecule has 0 aliphatic rings. The van der Waals surface area contributed by atoms with Crippen molar-refractivity contribution < 1.29 is 0 Å². The molecule has 96 valence electrons. The van der Waals surface area contributed by atoms with E-state index in [4.69, 9.17) is 0 Å². The Morgan fingerprint density at radius 2 is 2.16 bits per heavy atom. The number of hydrogen-bond acceptors (Lipinski definition) is 2. The summed E-state index contributed by atoms with van der Waals surface area (Å²) in [5, 5.41) is 4.66. The van der Waals surface area contributed by atoms with Gasteiger partial charge in [-0.25, -0.2) is 4.98 Å². The Morgan fingerprint density at radius 1 is 1.32 bits per heavy atom. The van der Waals surface area contributed by atoms with Crippen LogP contribution in [0.5, 0.6) is 0 Å². The standard InChI is InChI=1S/C15H14BrN3/c1-10-6-12(9-19-15(10)16)17-7-11-8-18-14-5-3-2-4-13(11)14/h2-6,8-9,17-18H,7H2,1H3. The number of aromatic nitrogens is 2. The fourth-order valence-corrected chi connectivity index (χ4v) is 2.35. The average molecular weight is 316 g/mol. The van der Waals surface area contributed by atoms with Crippen molar-refractivity contribution in [2.75, 3.05) is 5.32 Å². The van der Waals surface area contributed by atoms with Crippen molar-refractivity contribution in [1.82, 2.24) is 9.97 Å². The number of fused-ring (bicyclic) bond motifs is 1. The highest BCUT2D eigenvalue weighted by Gasteiger charge is 2.03. The van der Waals surface area contributed by atoms with E-state index in [1.165, 1.54) is 16.5 Å². The molecule has 0 aliphatic carbocycles. The number of para-hydroxylation sites is 1. The van der Waals surface area contributed by atoms with Crippen LogP contribution in [0.4, 0.5) is 5.69 Å². The van der Waals surface area contributed by atoms with Crippen LogP contribution in [-0.4, -0.2) is 9.97 Å². The number of halogens is 1. The van der Waals surface area contributed by atoms with Crippen LogP contribution in [0, 0.1) is 6.92 Å². The topological polar surface area (TPSA) is 40.7 Å². The Bertz CT molecular complexity index is 718. The number of pyridine rings is 1. The molecule has 2 N–H and O–H groups in total. The molecule has 3 rings (SSSR count). The van der Waals surface area contributed by atoms with Gasteiger partial charge in [-0.2, -0.15) is 0 Å². The average Bonchev–Trinajstić information content (AvgIpc) is 2.83. The molecule has 0 saturated carbocycles. The Kier molecular flexibility index (Phi) is 3.25. The first-order chi connectivity index (χ1) is 9.24. The third-order valence-electron chi connectivity index (χ3n) is 3.17. The largest absolute Gasteiger partial charge is 0.380 e. The lowest BCUT2D eigenvalue weighted by molar-refractivity contribution is 1.13. The van der Waals surface area contributed by atoms with Crippen LogP contribution in [0.1, 0.15) is 11.1 Å². The van der Waals surface area contributed by atoms with Gasteiger partial charge in [-0.1, -0.05) is 18.2 Å². The van der Waals surface area contributed by atoms with Gasteiger partial charge in [0.1, 0.15) is 4.60 Å². The number of hydrogen-bond donors (Lipinski definition) is 2. The molecule has 3 aromatic rings. The first-order valence-corrected chi connectivity index (χ1v) is 6.94. The van der Waals surface area contributed by atoms with Crippen LogP contribution < -0.4 is 5.32 Å². The third-order valence-corrected chi connectivity index (χ3v) is 4.00. The number of rotatable bonds is 3. The van der Waals surface area contributed by atoms with Crippen LogP contribution in [0.25, 0.3) is 10.9 Å². The van der Waals surface area contributed by atoms with Gasteiger partial charge >= 0.3 is 0 Å². The molecule has 0 radical (unpaired) electrons. The van der Waals surface area contributed by atoms with E-state index in [0.29, 0.717) is 0 Å². The molecule has 0 bridgehead atoms. The van der Waals surface area contributed by atoms with E-state index in [-0.39, 0.29) is 0 Å². The Balaban J connectivity index is 1.80. The van der Waals surface area contributed by atoms with Gasteiger partial charge in [0.05, 0.1) is 11.9 Å². The quantitative estimate of drug-likeness (QED) is 0.709. The molecule has 0 spiro atoms. The van der Waals surface area contributed by atoms with Crippen molar-refractivity contribution in [1.29, 1.82) is 0 Å². The molecule has 2 heterocycles. The minimum Gasteiger partial charge on any atom is -0.380 e. The van der Waals surface area contributed by atoms with Crippen LogP contribution in [0.2, 0.25) is 0 Å². The van der Waals surface area contributed by atoms with E-state index >= 15 is 0 Å². The molecular weight excluding hydrogens is 302 g/mol. The Labute approximate surface area is 120 Å². The molecule has 1 aromatic carbocycles. The lowest BCUT2D eigenvalue weighted by Crippen LogP contribution is -1.99. The zero-order valence-electron chi connectivity index (χ0n) is 10.6. The molecule has 19 heavy (non-hydrogen) atoms. The van der Waals surface area contributed by atoms with Crippen molar-refractivity contribution in [3.8, 4) is 0 Å². The van der Waals surface area contributed by atoms with Crippen molar-refractivity contribution in [2.45, 2.75) is 13.5 Å². The van der Waals surface area contributed by atoms with E-state index < -0.39 is 0 Å². The van der Waals surface area contributed by atoms with Crippen molar-refractivity contribution in [3.63, 3.8) is 0 Å². The fraction of sp³-hybridized carbons (Fsp3) is 0.133. The summed E-state index contributed by atoms with van der Waals surface area (Å²) in [5.74, 6) is 0. The molecule has 0 atom stereocenters. The van der Waals surface area contributed by atoms with Gasteiger partial charge in [0, 0.05) is 23.6 Å². The summed E-state index contributed by atoms with van der Waals surface area (Å²) in [5.41, 5.74) is 4.59. The number of aromatic amines is 1. The molecule has 2 aromatic heterocycles. The number of aryl methyl sites for hydroxylation is 1. The van der Waals surface area contributed by atoms with Gasteiger partial charge in [0.25, 0.3) is 0 Å². The summed E-state index contributed by atoms with van der Waals surface area (Å²) in [6, 6.07) is 10.4. The van der Waals surface area contributed by atoms with Gasteiger partial charge in [0.15, 0.2) is 0 Å². The smallest absolute Gasteiger partial charge is 0.109 e. The van der Waals surface area contributed by atoms with E-state index in [0.717, 1.165) is 22.4 Å². The number of anilines is 1. The SMILES string of the molecule is Cc1cc(NCc2c[nH]c3ccccc23)cnc1Br. The third kappa shape index (κ3) is 2.49. The predicted molar refractivity (Wildman–Crippen MR) is 82.3 cm³/mol. The van der Waals surface area contributed by atoms with E-state index in [2.05, 4.69) is 61.7 Å². The molecule has 0 amide bonds. The molecular formula is C15H14BrN3. The molecule has 3 nitrogen and oxygen atoms in total. The minimum absolute atomic E-state index is 0.784. The van der Waals surface area contributed by atoms with Crippen molar-refractivity contribution in [3.05, 3.63) is 58.5 Å². The summed E-state index contributed by atoms with van der Waals surface area (Å²) < 4.78 is 0.894. The molecule has 0 fully saturated rings. The van der Waals surface area contributed by atoms with Gasteiger partial charge in [-0.15, -0.1) is 0 Å². The Morgan fingerprint density at radius 3 is 3.00 bits per heavy atom. The highest BCUT2D eigenvalue weighted by atomic mass is 79.9. The number of nitrogens with one attached hydrogen (secondary N) is 2. The second kappa shape index (κ2) is 5.05. The van der Waals surface area contributed by atoms with E-state index in [1.54, 1.807) is 0 Å². The maximum atomic E-state index is 4.29.